The largest absolute Gasteiger partial charge is 0.383 e. The van der Waals surface area contributed by atoms with E-state index >= 15 is 0 Å². The Morgan fingerprint density at radius 1 is 1.31 bits per heavy atom. The average molecular weight is 371 g/mol. The van der Waals surface area contributed by atoms with Crippen molar-refractivity contribution in [2.45, 2.75) is 44.8 Å². The number of thiocarbonyl (C=S) groups is 1. The molecule has 1 saturated carbocycles. The summed E-state index contributed by atoms with van der Waals surface area (Å²) in [6.07, 6.45) is 4.42. The highest BCUT2D eigenvalue weighted by atomic mass is 32.1. The molecule has 2 fully saturated rings. The van der Waals surface area contributed by atoms with E-state index in [1.807, 2.05) is 18.3 Å². The van der Waals surface area contributed by atoms with E-state index in [4.69, 9.17) is 17.0 Å². The fourth-order valence-corrected chi connectivity index (χ4v) is 4.50. The molecule has 26 heavy (non-hydrogen) atoms. The SMILES string of the molecule is COCCN1C(=S)NC(c2ccccn2)C1c1cc(C)n(C2CC2)c1C. The molecule has 6 heteroatoms. The zero-order valence-corrected chi connectivity index (χ0v) is 16.4. The number of methoxy groups -OCH3 is 1. The van der Waals surface area contributed by atoms with Crippen molar-refractivity contribution in [2.24, 2.45) is 0 Å². The second-order valence-electron chi connectivity index (χ2n) is 7.24. The third-order valence-corrected chi connectivity index (χ3v) is 5.84. The number of nitrogens with one attached hydrogen (secondary N) is 1. The standard InChI is InChI=1S/C20H26N4OS/c1-13-12-16(14(2)24(13)15-7-8-15)19-18(17-6-4-5-9-21-17)22-20(26)23(19)10-11-25-3/h4-6,9,12,15,18-19H,7-8,10-11H2,1-3H3,(H,22,26). The molecule has 0 aromatic carbocycles. The summed E-state index contributed by atoms with van der Waals surface area (Å²) in [5.74, 6) is 0. The number of hydrogen-bond donors (Lipinski definition) is 1. The number of aromatic nitrogens is 2. The summed E-state index contributed by atoms with van der Waals surface area (Å²) in [5, 5.41) is 4.29. The van der Waals surface area contributed by atoms with Gasteiger partial charge in [-0.1, -0.05) is 6.07 Å². The fourth-order valence-electron chi connectivity index (χ4n) is 4.17. The van der Waals surface area contributed by atoms with Crippen LogP contribution in [0.4, 0.5) is 0 Å². The molecule has 2 aliphatic rings. The molecular weight excluding hydrogens is 344 g/mol. The molecule has 138 valence electrons. The van der Waals surface area contributed by atoms with Crippen LogP contribution in [-0.2, 0) is 4.74 Å². The van der Waals surface area contributed by atoms with Crippen LogP contribution in [0.5, 0.6) is 0 Å². The second kappa shape index (κ2) is 7.00. The molecule has 2 aromatic rings. The minimum absolute atomic E-state index is 0.0497. The van der Waals surface area contributed by atoms with E-state index in [2.05, 4.69) is 45.7 Å². The Balaban J connectivity index is 1.76. The van der Waals surface area contributed by atoms with Crippen molar-refractivity contribution < 1.29 is 4.74 Å². The maximum atomic E-state index is 5.68. The quantitative estimate of drug-likeness (QED) is 0.789. The molecule has 2 aromatic heterocycles. The minimum atomic E-state index is 0.0497. The summed E-state index contributed by atoms with van der Waals surface area (Å²) in [5.41, 5.74) is 5.05. The van der Waals surface area contributed by atoms with Crippen molar-refractivity contribution in [1.82, 2.24) is 19.8 Å². The van der Waals surface area contributed by atoms with Gasteiger partial charge in [0.05, 0.1) is 24.4 Å². The molecule has 5 nitrogen and oxygen atoms in total. The van der Waals surface area contributed by atoms with Gasteiger partial charge in [-0.25, -0.2) is 0 Å². The Morgan fingerprint density at radius 2 is 2.12 bits per heavy atom. The van der Waals surface area contributed by atoms with Gasteiger partial charge in [-0.2, -0.15) is 0 Å². The van der Waals surface area contributed by atoms with Gasteiger partial charge >= 0.3 is 0 Å². The van der Waals surface area contributed by atoms with Gasteiger partial charge in [-0.3, -0.25) is 4.98 Å². The third kappa shape index (κ3) is 3.01. The minimum Gasteiger partial charge on any atom is -0.383 e. The summed E-state index contributed by atoms with van der Waals surface area (Å²) in [4.78, 5) is 6.87. The molecule has 1 aliphatic carbocycles. The highest BCUT2D eigenvalue weighted by molar-refractivity contribution is 7.80. The average Bonchev–Trinajstić information content (AvgIpc) is 3.36. The Labute approximate surface area is 160 Å². The zero-order chi connectivity index (χ0) is 18.3. The van der Waals surface area contributed by atoms with Crippen molar-refractivity contribution in [3.05, 3.63) is 53.1 Å². The van der Waals surface area contributed by atoms with Gasteiger partial charge in [0.15, 0.2) is 5.11 Å². The summed E-state index contributed by atoms with van der Waals surface area (Å²) < 4.78 is 7.84. The molecule has 2 atom stereocenters. The van der Waals surface area contributed by atoms with Crippen molar-refractivity contribution in [3.8, 4) is 0 Å². The van der Waals surface area contributed by atoms with Crippen LogP contribution in [0.3, 0.4) is 0 Å². The normalized spacial score (nSPS) is 22.7. The van der Waals surface area contributed by atoms with E-state index in [0.29, 0.717) is 12.6 Å². The van der Waals surface area contributed by atoms with E-state index < -0.39 is 0 Å². The number of aryl methyl sites for hydroxylation is 1. The first-order chi connectivity index (χ1) is 12.6. The van der Waals surface area contributed by atoms with Crippen LogP contribution in [0, 0.1) is 13.8 Å². The number of ether oxygens (including phenoxy) is 1. The first kappa shape index (κ1) is 17.5. The summed E-state index contributed by atoms with van der Waals surface area (Å²) >= 11 is 5.68. The van der Waals surface area contributed by atoms with Gasteiger partial charge < -0.3 is 19.5 Å². The lowest BCUT2D eigenvalue weighted by Gasteiger charge is -2.28. The van der Waals surface area contributed by atoms with Crippen LogP contribution < -0.4 is 5.32 Å². The first-order valence-electron chi connectivity index (χ1n) is 9.27. The monoisotopic (exact) mass is 370 g/mol. The Morgan fingerprint density at radius 3 is 2.77 bits per heavy atom. The summed E-state index contributed by atoms with van der Waals surface area (Å²) in [7, 11) is 1.73. The molecule has 2 unspecified atom stereocenters. The van der Waals surface area contributed by atoms with Gasteiger partial charge in [0, 0.05) is 37.3 Å². The predicted octanol–water partition coefficient (Wildman–Crippen LogP) is 3.45. The molecule has 0 amide bonds. The molecule has 1 saturated heterocycles. The van der Waals surface area contributed by atoms with Gasteiger partial charge in [0.25, 0.3) is 0 Å². The van der Waals surface area contributed by atoms with Crippen LogP contribution >= 0.6 is 12.2 Å². The van der Waals surface area contributed by atoms with Gasteiger partial charge in [0.1, 0.15) is 0 Å². The molecule has 3 heterocycles. The molecule has 1 N–H and O–H groups in total. The van der Waals surface area contributed by atoms with E-state index in [1.54, 1.807) is 7.11 Å². The number of pyridine rings is 1. The highest BCUT2D eigenvalue weighted by Gasteiger charge is 2.41. The molecular formula is C20H26N4OS. The van der Waals surface area contributed by atoms with Crippen LogP contribution in [0.25, 0.3) is 0 Å². The zero-order valence-electron chi connectivity index (χ0n) is 15.6. The molecule has 0 bridgehead atoms. The lowest BCUT2D eigenvalue weighted by Crippen LogP contribution is -2.32. The van der Waals surface area contributed by atoms with Crippen LogP contribution in [0.1, 0.15) is 53.6 Å². The predicted molar refractivity (Wildman–Crippen MR) is 106 cm³/mol. The Bertz CT molecular complexity index is 800. The maximum absolute atomic E-state index is 5.68. The summed E-state index contributed by atoms with van der Waals surface area (Å²) in [6.45, 7) is 5.87. The van der Waals surface area contributed by atoms with Crippen molar-refractivity contribution in [2.75, 3.05) is 20.3 Å². The number of nitrogens with zero attached hydrogens (tertiary/aromatic N) is 3. The highest BCUT2D eigenvalue weighted by Crippen LogP contribution is 2.44. The third-order valence-electron chi connectivity index (χ3n) is 5.49. The van der Waals surface area contributed by atoms with Crippen LogP contribution in [0.15, 0.2) is 30.5 Å². The van der Waals surface area contributed by atoms with Crippen LogP contribution in [0.2, 0.25) is 0 Å². The summed E-state index contributed by atoms with van der Waals surface area (Å²) in [6, 6.07) is 9.26. The Kier molecular flexibility index (Phi) is 4.71. The lowest BCUT2D eigenvalue weighted by atomic mass is 9.97. The van der Waals surface area contributed by atoms with E-state index in [9.17, 15) is 0 Å². The molecule has 1 aliphatic heterocycles. The van der Waals surface area contributed by atoms with E-state index in [0.717, 1.165) is 17.4 Å². The van der Waals surface area contributed by atoms with E-state index in [-0.39, 0.29) is 12.1 Å². The molecule has 0 spiro atoms. The topological polar surface area (TPSA) is 42.3 Å². The number of hydrogen-bond acceptors (Lipinski definition) is 3. The van der Waals surface area contributed by atoms with Crippen LogP contribution in [-0.4, -0.2) is 39.8 Å². The fraction of sp³-hybridized carbons (Fsp3) is 0.500. The second-order valence-corrected chi connectivity index (χ2v) is 7.63. The van der Waals surface area contributed by atoms with Crippen molar-refractivity contribution in [3.63, 3.8) is 0 Å². The number of rotatable bonds is 6. The van der Waals surface area contributed by atoms with Gasteiger partial charge in [0.2, 0.25) is 0 Å². The lowest BCUT2D eigenvalue weighted by molar-refractivity contribution is 0.164. The maximum Gasteiger partial charge on any atom is 0.170 e. The Hall–Kier alpha value is -1.92. The van der Waals surface area contributed by atoms with Gasteiger partial charge in [-0.15, -0.1) is 0 Å². The molecule has 0 radical (unpaired) electrons. The first-order valence-corrected chi connectivity index (χ1v) is 9.68. The molecule has 4 rings (SSSR count). The van der Waals surface area contributed by atoms with Crippen molar-refractivity contribution in [1.29, 1.82) is 0 Å². The van der Waals surface area contributed by atoms with E-state index in [1.165, 1.54) is 29.8 Å². The smallest absolute Gasteiger partial charge is 0.170 e. The van der Waals surface area contributed by atoms with Gasteiger partial charge in [-0.05, 0) is 62.7 Å². The van der Waals surface area contributed by atoms with Crippen molar-refractivity contribution >= 4 is 17.3 Å².